The molecule has 0 radical (unpaired) electrons. The molecule has 4 N–H and O–H groups in total. The van der Waals surface area contributed by atoms with Crippen molar-refractivity contribution in [2.45, 2.75) is 38.1 Å². The average molecular weight is 415 g/mol. The van der Waals surface area contributed by atoms with Gasteiger partial charge in [0.1, 0.15) is 5.82 Å². The fourth-order valence-electron chi connectivity index (χ4n) is 3.16. The first-order valence-electron chi connectivity index (χ1n) is 9.55. The molecule has 6 nitrogen and oxygen atoms in total. The number of nitrogens with one attached hydrogen (secondary N) is 4. The Kier molecular flexibility index (Phi) is 7.13. The summed E-state index contributed by atoms with van der Waals surface area (Å²) in [6.45, 7) is 0. The summed E-state index contributed by atoms with van der Waals surface area (Å²) in [6, 6.07) is 12.0. The zero-order chi connectivity index (χ0) is 20.6. The van der Waals surface area contributed by atoms with Crippen LogP contribution in [0.5, 0.6) is 0 Å². The number of hydrogen-bond donors (Lipinski definition) is 4. The lowest BCUT2D eigenvalue weighted by Gasteiger charge is -2.24. The molecule has 0 saturated heterocycles. The van der Waals surface area contributed by atoms with Crippen molar-refractivity contribution < 1.29 is 14.0 Å². The largest absolute Gasteiger partial charge is 0.359 e. The SMILES string of the molecule is O=C(NNC(=S)NC1CCCCC1)c1ccc(NC(=O)c2ccc(F)cc2)cc1. The minimum absolute atomic E-state index is 0.339. The number of benzene rings is 2. The monoisotopic (exact) mass is 414 g/mol. The van der Waals surface area contributed by atoms with Gasteiger partial charge in [-0.15, -0.1) is 0 Å². The molecule has 152 valence electrons. The summed E-state index contributed by atoms with van der Waals surface area (Å²) in [7, 11) is 0. The number of thiocarbonyl (C=S) groups is 1. The molecule has 1 fully saturated rings. The highest BCUT2D eigenvalue weighted by molar-refractivity contribution is 7.80. The molecule has 0 aliphatic heterocycles. The molecule has 0 heterocycles. The van der Waals surface area contributed by atoms with E-state index >= 15 is 0 Å². The smallest absolute Gasteiger partial charge is 0.269 e. The Labute approximate surface area is 174 Å². The predicted octanol–water partition coefficient (Wildman–Crippen LogP) is 3.52. The molecule has 1 aliphatic carbocycles. The van der Waals surface area contributed by atoms with E-state index in [4.69, 9.17) is 12.2 Å². The van der Waals surface area contributed by atoms with Crippen molar-refractivity contribution in [3.63, 3.8) is 0 Å². The lowest BCUT2D eigenvalue weighted by molar-refractivity contribution is 0.0943. The van der Waals surface area contributed by atoms with E-state index in [-0.39, 0.29) is 11.8 Å². The van der Waals surface area contributed by atoms with Gasteiger partial charge in [-0.3, -0.25) is 20.4 Å². The van der Waals surface area contributed by atoms with Gasteiger partial charge in [-0.1, -0.05) is 19.3 Å². The average Bonchev–Trinajstić information content (AvgIpc) is 2.74. The summed E-state index contributed by atoms with van der Waals surface area (Å²) >= 11 is 5.22. The van der Waals surface area contributed by atoms with Gasteiger partial charge in [-0.2, -0.15) is 0 Å². The second-order valence-corrected chi connectivity index (χ2v) is 7.33. The number of anilines is 1. The second kappa shape index (κ2) is 9.97. The Hall–Kier alpha value is -3.00. The molecule has 0 atom stereocenters. The fourth-order valence-corrected chi connectivity index (χ4v) is 3.38. The Balaban J connectivity index is 1.47. The summed E-state index contributed by atoms with van der Waals surface area (Å²) in [6.07, 6.45) is 5.81. The summed E-state index contributed by atoms with van der Waals surface area (Å²) < 4.78 is 12.9. The van der Waals surface area contributed by atoms with Crippen LogP contribution < -0.4 is 21.5 Å². The summed E-state index contributed by atoms with van der Waals surface area (Å²) in [5.41, 5.74) is 6.57. The van der Waals surface area contributed by atoms with E-state index in [2.05, 4.69) is 21.5 Å². The maximum atomic E-state index is 12.9. The maximum Gasteiger partial charge on any atom is 0.269 e. The third kappa shape index (κ3) is 6.25. The molecule has 0 bridgehead atoms. The van der Waals surface area contributed by atoms with Crippen molar-refractivity contribution >= 4 is 34.8 Å². The third-order valence-electron chi connectivity index (χ3n) is 4.74. The predicted molar refractivity (Wildman–Crippen MR) is 114 cm³/mol. The van der Waals surface area contributed by atoms with Crippen LogP contribution in [0.4, 0.5) is 10.1 Å². The van der Waals surface area contributed by atoms with E-state index < -0.39 is 5.82 Å². The zero-order valence-corrected chi connectivity index (χ0v) is 16.7. The van der Waals surface area contributed by atoms with Crippen LogP contribution in [0, 0.1) is 5.82 Å². The van der Waals surface area contributed by atoms with E-state index in [0.717, 1.165) is 12.8 Å². The van der Waals surface area contributed by atoms with E-state index in [0.29, 0.717) is 28.0 Å². The highest BCUT2D eigenvalue weighted by atomic mass is 32.1. The van der Waals surface area contributed by atoms with Crippen LogP contribution in [-0.2, 0) is 0 Å². The number of carbonyl (C=O) groups excluding carboxylic acids is 2. The number of amides is 2. The lowest BCUT2D eigenvalue weighted by atomic mass is 9.96. The fraction of sp³-hybridized carbons (Fsp3) is 0.286. The lowest BCUT2D eigenvalue weighted by Crippen LogP contribution is -2.50. The molecule has 0 spiro atoms. The summed E-state index contributed by atoms with van der Waals surface area (Å²) in [5, 5.41) is 6.31. The van der Waals surface area contributed by atoms with Crippen molar-refractivity contribution in [1.29, 1.82) is 0 Å². The van der Waals surface area contributed by atoms with Gasteiger partial charge >= 0.3 is 0 Å². The van der Waals surface area contributed by atoms with E-state index in [9.17, 15) is 14.0 Å². The van der Waals surface area contributed by atoms with Gasteiger partial charge in [-0.25, -0.2) is 4.39 Å². The van der Waals surface area contributed by atoms with Gasteiger partial charge in [0.25, 0.3) is 11.8 Å². The Morgan fingerprint density at radius 3 is 2.07 bits per heavy atom. The van der Waals surface area contributed by atoms with Crippen molar-refractivity contribution in [1.82, 2.24) is 16.2 Å². The standard InChI is InChI=1S/C21H23FN4O2S/c22-16-10-6-14(7-11-16)19(27)23-18-12-8-15(9-13-18)20(28)25-26-21(29)24-17-4-2-1-3-5-17/h6-13,17H,1-5H2,(H,23,27)(H,25,28)(H2,24,26,29). The topological polar surface area (TPSA) is 82.3 Å². The molecular formula is C21H23FN4O2S. The molecule has 2 aromatic carbocycles. The first-order chi connectivity index (χ1) is 14.0. The number of hydrazine groups is 1. The second-order valence-electron chi connectivity index (χ2n) is 6.93. The molecule has 29 heavy (non-hydrogen) atoms. The van der Waals surface area contributed by atoms with Gasteiger partial charge in [0.15, 0.2) is 5.11 Å². The molecule has 1 aliphatic rings. The van der Waals surface area contributed by atoms with E-state index in [1.54, 1.807) is 24.3 Å². The van der Waals surface area contributed by atoms with Crippen LogP contribution in [0.1, 0.15) is 52.8 Å². The first-order valence-corrected chi connectivity index (χ1v) is 9.96. The number of hydrogen-bond acceptors (Lipinski definition) is 3. The Morgan fingerprint density at radius 2 is 1.41 bits per heavy atom. The van der Waals surface area contributed by atoms with Gasteiger partial charge in [0, 0.05) is 22.9 Å². The van der Waals surface area contributed by atoms with E-state index in [1.165, 1.54) is 43.5 Å². The van der Waals surface area contributed by atoms with Crippen molar-refractivity contribution in [2.75, 3.05) is 5.32 Å². The highest BCUT2D eigenvalue weighted by Gasteiger charge is 2.14. The van der Waals surface area contributed by atoms with Crippen molar-refractivity contribution in [2.24, 2.45) is 0 Å². The molecule has 8 heteroatoms. The van der Waals surface area contributed by atoms with Crippen molar-refractivity contribution in [3.8, 4) is 0 Å². The van der Waals surface area contributed by atoms with Crippen LogP contribution in [0.3, 0.4) is 0 Å². The van der Waals surface area contributed by atoms with Crippen LogP contribution in [-0.4, -0.2) is 23.0 Å². The molecule has 3 rings (SSSR count). The normalized spacial score (nSPS) is 14.0. The third-order valence-corrected chi connectivity index (χ3v) is 4.96. The van der Waals surface area contributed by atoms with Crippen LogP contribution >= 0.6 is 12.2 Å². The van der Waals surface area contributed by atoms with Crippen LogP contribution in [0.2, 0.25) is 0 Å². The number of halogens is 1. The van der Waals surface area contributed by atoms with Crippen LogP contribution in [0.15, 0.2) is 48.5 Å². The summed E-state index contributed by atoms with van der Waals surface area (Å²) in [5.74, 6) is -1.10. The maximum absolute atomic E-state index is 12.9. The minimum atomic E-state index is -0.404. The Morgan fingerprint density at radius 1 is 0.828 bits per heavy atom. The molecule has 0 unspecified atom stereocenters. The van der Waals surface area contributed by atoms with Crippen molar-refractivity contribution in [3.05, 3.63) is 65.5 Å². The molecule has 0 aromatic heterocycles. The number of rotatable bonds is 4. The van der Waals surface area contributed by atoms with Gasteiger partial charge in [0.05, 0.1) is 0 Å². The molecular weight excluding hydrogens is 391 g/mol. The van der Waals surface area contributed by atoms with Crippen LogP contribution in [0.25, 0.3) is 0 Å². The zero-order valence-electron chi connectivity index (χ0n) is 15.8. The molecule has 2 amide bonds. The van der Waals surface area contributed by atoms with Gasteiger partial charge in [-0.05, 0) is 73.6 Å². The first kappa shape index (κ1) is 20.7. The van der Waals surface area contributed by atoms with Gasteiger partial charge in [0.2, 0.25) is 0 Å². The molecule has 2 aromatic rings. The molecule has 1 saturated carbocycles. The quantitative estimate of drug-likeness (QED) is 0.455. The Bertz CT molecular complexity index is 865. The van der Waals surface area contributed by atoms with E-state index in [1.807, 2.05) is 0 Å². The van der Waals surface area contributed by atoms with Gasteiger partial charge < -0.3 is 10.6 Å². The minimum Gasteiger partial charge on any atom is -0.359 e. The highest BCUT2D eigenvalue weighted by Crippen LogP contribution is 2.17. The summed E-state index contributed by atoms with van der Waals surface area (Å²) in [4.78, 5) is 24.4. The number of carbonyl (C=O) groups is 2.